The standard InChI is InChI=1S/C13H19NP/c15-13-7-2-1-5-11(13)8-9-12-6-3-4-10-14-12/h3-4,6,10-11,13,15H,1-2,5,7-9H2. The van der Waals surface area contributed by atoms with Gasteiger partial charge in [-0.3, -0.25) is 4.98 Å². The van der Waals surface area contributed by atoms with E-state index in [1.165, 1.54) is 37.8 Å². The molecule has 0 N–H and O–H groups in total. The van der Waals surface area contributed by atoms with Crippen LogP contribution >= 0.6 is 9.24 Å². The monoisotopic (exact) mass is 220 g/mol. The molecule has 0 amide bonds. The summed E-state index contributed by atoms with van der Waals surface area (Å²) in [4.78, 5) is 4.37. The molecule has 0 bridgehead atoms. The molecule has 81 valence electrons. The molecule has 0 aromatic carbocycles. The second-order valence-corrected chi connectivity index (χ2v) is 5.25. The quantitative estimate of drug-likeness (QED) is 0.707. The largest absolute Gasteiger partial charge is 0.261 e. The van der Waals surface area contributed by atoms with Crippen molar-refractivity contribution >= 4 is 9.24 Å². The predicted octanol–water partition coefficient (Wildman–Crippen LogP) is 3.72. The van der Waals surface area contributed by atoms with Gasteiger partial charge in [-0.15, -0.1) is 0 Å². The van der Waals surface area contributed by atoms with E-state index in [1.807, 2.05) is 12.3 Å². The van der Waals surface area contributed by atoms with E-state index in [1.54, 1.807) is 0 Å². The lowest BCUT2D eigenvalue weighted by molar-refractivity contribution is 0.349. The van der Waals surface area contributed by atoms with Crippen LogP contribution in [-0.2, 0) is 6.42 Å². The lowest BCUT2D eigenvalue weighted by Gasteiger charge is -2.28. The normalized spacial score (nSPS) is 26.5. The molecular formula is C13H19NP. The van der Waals surface area contributed by atoms with Crippen molar-refractivity contribution in [3.63, 3.8) is 0 Å². The first kappa shape index (κ1) is 11.1. The Morgan fingerprint density at radius 3 is 2.87 bits per heavy atom. The van der Waals surface area contributed by atoms with Crippen LogP contribution in [0.2, 0.25) is 0 Å². The average Bonchev–Trinajstić information content (AvgIpc) is 2.29. The molecule has 0 aliphatic heterocycles. The zero-order valence-corrected chi connectivity index (χ0v) is 10.2. The summed E-state index contributed by atoms with van der Waals surface area (Å²) in [5.41, 5.74) is 1.98. The van der Waals surface area contributed by atoms with Crippen LogP contribution in [-0.4, -0.2) is 10.6 Å². The first-order valence-electron chi connectivity index (χ1n) is 5.97. The van der Waals surface area contributed by atoms with Crippen LogP contribution in [0.25, 0.3) is 0 Å². The molecule has 2 rings (SSSR count). The lowest BCUT2D eigenvalue weighted by atomic mass is 9.85. The minimum absolute atomic E-state index is 0.738. The minimum atomic E-state index is 0.738. The van der Waals surface area contributed by atoms with Crippen molar-refractivity contribution < 1.29 is 0 Å². The molecule has 1 aliphatic rings. The number of hydrogen-bond acceptors (Lipinski definition) is 1. The summed E-state index contributed by atoms with van der Waals surface area (Å²) < 4.78 is 0. The number of hydrogen-bond donors (Lipinski definition) is 0. The van der Waals surface area contributed by atoms with Gasteiger partial charge in [-0.1, -0.05) is 28.1 Å². The Morgan fingerprint density at radius 1 is 1.27 bits per heavy atom. The Kier molecular flexibility index (Phi) is 4.14. The SMILES string of the molecule is [PH]C1CCCCC1CCc1ccccn1. The number of rotatable bonds is 3. The van der Waals surface area contributed by atoms with E-state index in [0.29, 0.717) is 0 Å². The smallest absolute Gasteiger partial charge is 0.0403 e. The summed E-state index contributed by atoms with van der Waals surface area (Å²) in [6, 6.07) is 6.19. The molecule has 15 heavy (non-hydrogen) atoms. The van der Waals surface area contributed by atoms with Gasteiger partial charge in [-0.05, 0) is 49.4 Å². The highest BCUT2D eigenvalue weighted by atomic mass is 31.0. The van der Waals surface area contributed by atoms with Crippen LogP contribution in [0.5, 0.6) is 0 Å². The third-order valence-corrected chi connectivity index (χ3v) is 4.17. The number of aryl methyl sites for hydroxylation is 1. The topological polar surface area (TPSA) is 12.9 Å². The summed E-state index contributed by atoms with van der Waals surface area (Å²) >= 11 is 0. The van der Waals surface area contributed by atoms with Crippen LogP contribution < -0.4 is 0 Å². The summed E-state index contributed by atoms with van der Waals surface area (Å²) in [6.45, 7) is 0. The van der Waals surface area contributed by atoms with Crippen molar-refractivity contribution in [2.24, 2.45) is 5.92 Å². The highest BCUT2D eigenvalue weighted by molar-refractivity contribution is 7.17. The highest BCUT2D eigenvalue weighted by Gasteiger charge is 2.21. The number of pyridine rings is 1. The van der Waals surface area contributed by atoms with Gasteiger partial charge in [-0.2, -0.15) is 0 Å². The van der Waals surface area contributed by atoms with Crippen LogP contribution in [0.1, 0.15) is 37.8 Å². The maximum absolute atomic E-state index is 4.37. The molecule has 1 saturated carbocycles. The maximum Gasteiger partial charge on any atom is 0.0403 e. The van der Waals surface area contributed by atoms with Crippen LogP contribution in [0.15, 0.2) is 24.4 Å². The Bertz CT molecular complexity index is 286. The fraction of sp³-hybridized carbons (Fsp3) is 0.615. The van der Waals surface area contributed by atoms with Crippen molar-refractivity contribution in [1.29, 1.82) is 0 Å². The van der Waals surface area contributed by atoms with Gasteiger partial charge in [0.05, 0.1) is 0 Å². The molecule has 1 aromatic rings. The van der Waals surface area contributed by atoms with Gasteiger partial charge in [0.25, 0.3) is 0 Å². The molecule has 1 heterocycles. The van der Waals surface area contributed by atoms with E-state index >= 15 is 0 Å². The van der Waals surface area contributed by atoms with Crippen molar-refractivity contribution in [3.05, 3.63) is 30.1 Å². The zero-order chi connectivity index (χ0) is 10.5. The van der Waals surface area contributed by atoms with Crippen molar-refractivity contribution in [1.82, 2.24) is 4.98 Å². The van der Waals surface area contributed by atoms with E-state index in [2.05, 4.69) is 26.4 Å². The van der Waals surface area contributed by atoms with Crippen molar-refractivity contribution in [2.45, 2.75) is 44.2 Å². The second-order valence-electron chi connectivity index (χ2n) is 4.51. The molecule has 1 aliphatic carbocycles. The second kappa shape index (κ2) is 5.61. The fourth-order valence-electron chi connectivity index (χ4n) is 2.43. The third-order valence-electron chi connectivity index (χ3n) is 3.41. The Hall–Kier alpha value is -0.420. The van der Waals surface area contributed by atoms with Gasteiger partial charge in [0.1, 0.15) is 0 Å². The molecule has 1 aromatic heterocycles. The summed E-state index contributed by atoms with van der Waals surface area (Å²) in [7, 11) is 3.86. The maximum atomic E-state index is 4.37. The zero-order valence-electron chi connectivity index (χ0n) is 9.15. The van der Waals surface area contributed by atoms with Crippen LogP contribution in [0.3, 0.4) is 0 Å². The van der Waals surface area contributed by atoms with E-state index in [0.717, 1.165) is 18.0 Å². The molecular weight excluding hydrogens is 201 g/mol. The first-order valence-corrected chi connectivity index (χ1v) is 6.55. The predicted molar refractivity (Wildman–Crippen MR) is 66.6 cm³/mol. The van der Waals surface area contributed by atoms with E-state index in [4.69, 9.17) is 0 Å². The highest BCUT2D eigenvalue weighted by Crippen LogP contribution is 2.32. The van der Waals surface area contributed by atoms with Crippen molar-refractivity contribution in [3.8, 4) is 0 Å². The third kappa shape index (κ3) is 3.28. The van der Waals surface area contributed by atoms with Gasteiger partial charge in [-0.25, -0.2) is 0 Å². The van der Waals surface area contributed by atoms with Gasteiger partial charge in [0, 0.05) is 11.9 Å². The summed E-state index contributed by atoms with van der Waals surface area (Å²) in [5, 5.41) is 0. The van der Waals surface area contributed by atoms with Gasteiger partial charge in [0.15, 0.2) is 0 Å². The molecule has 0 spiro atoms. The lowest BCUT2D eigenvalue weighted by Crippen LogP contribution is -2.19. The molecule has 2 atom stereocenters. The van der Waals surface area contributed by atoms with Gasteiger partial charge >= 0.3 is 0 Å². The number of nitrogens with zero attached hydrogens (tertiary/aromatic N) is 1. The summed E-state index contributed by atoms with van der Waals surface area (Å²) in [5.74, 6) is 0.859. The van der Waals surface area contributed by atoms with E-state index in [-0.39, 0.29) is 0 Å². The number of aromatic nitrogens is 1. The van der Waals surface area contributed by atoms with Gasteiger partial charge < -0.3 is 0 Å². The van der Waals surface area contributed by atoms with E-state index in [9.17, 15) is 0 Å². The molecule has 2 unspecified atom stereocenters. The van der Waals surface area contributed by atoms with E-state index < -0.39 is 0 Å². The van der Waals surface area contributed by atoms with Gasteiger partial charge in [0.2, 0.25) is 0 Å². The summed E-state index contributed by atoms with van der Waals surface area (Å²) in [6.07, 6.45) is 9.85. The van der Waals surface area contributed by atoms with Crippen molar-refractivity contribution in [2.75, 3.05) is 0 Å². The Morgan fingerprint density at radius 2 is 2.13 bits per heavy atom. The minimum Gasteiger partial charge on any atom is -0.261 e. The molecule has 1 nitrogen and oxygen atoms in total. The molecule has 1 fully saturated rings. The first-order chi connectivity index (χ1) is 7.36. The Balaban J connectivity index is 1.82. The molecule has 1 radical (unpaired) electrons. The van der Waals surface area contributed by atoms with Crippen LogP contribution in [0.4, 0.5) is 0 Å². The molecule has 0 saturated heterocycles. The Labute approximate surface area is 94.9 Å². The fourth-order valence-corrected chi connectivity index (χ4v) is 2.97. The average molecular weight is 220 g/mol. The van der Waals surface area contributed by atoms with Crippen LogP contribution in [0, 0.1) is 5.92 Å². The molecule has 2 heteroatoms.